The molecule has 0 radical (unpaired) electrons. The number of rotatable bonds is 3. The van der Waals surface area contributed by atoms with Gasteiger partial charge in [-0.3, -0.25) is 0 Å². The number of carbonyl (C=O) groups excluding carboxylic acids is 1. The van der Waals surface area contributed by atoms with Crippen molar-refractivity contribution in [2.24, 2.45) is 11.8 Å². The van der Waals surface area contributed by atoms with Gasteiger partial charge in [-0.25, -0.2) is 4.79 Å². The van der Waals surface area contributed by atoms with E-state index >= 15 is 0 Å². The second-order valence-electron chi connectivity index (χ2n) is 7.02. The van der Waals surface area contributed by atoms with Gasteiger partial charge in [-0.15, -0.1) is 0 Å². The number of carbonyl (C=O) groups is 1. The van der Waals surface area contributed by atoms with Crippen LogP contribution in [0.5, 0.6) is 0 Å². The first kappa shape index (κ1) is 15.9. The van der Waals surface area contributed by atoms with E-state index in [9.17, 15) is 23.1 Å². The maximum Gasteiger partial charge on any atom is 0.417 e. The first-order valence-electron chi connectivity index (χ1n) is 8.15. The van der Waals surface area contributed by atoms with Crippen molar-refractivity contribution in [3.63, 3.8) is 0 Å². The third-order valence-corrected chi connectivity index (χ3v) is 5.48. The maximum atomic E-state index is 12.8. The fourth-order valence-corrected chi connectivity index (χ4v) is 3.47. The minimum atomic E-state index is -4.63. The number of halogens is 3. The van der Waals surface area contributed by atoms with Gasteiger partial charge in [0.05, 0.1) is 0 Å². The number of alkyl halides is 3. The van der Waals surface area contributed by atoms with Crippen LogP contribution in [0.4, 0.5) is 18.0 Å². The van der Waals surface area contributed by atoms with Crippen LogP contribution in [0, 0.1) is 11.8 Å². The summed E-state index contributed by atoms with van der Waals surface area (Å²) in [5.74, 6) is 1.08. The van der Waals surface area contributed by atoms with Crippen LogP contribution >= 0.6 is 0 Å². The Kier molecular flexibility index (Phi) is 4.03. The lowest BCUT2D eigenvalue weighted by atomic mass is 9.78. The van der Waals surface area contributed by atoms with Gasteiger partial charge in [0.2, 0.25) is 0 Å². The molecule has 0 spiro atoms. The van der Waals surface area contributed by atoms with Gasteiger partial charge in [-0.1, -0.05) is 6.42 Å². The van der Waals surface area contributed by atoms with Gasteiger partial charge in [0.15, 0.2) is 5.60 Å². The molecular formula is C15H23F3N2O2. The number of urea groups is 1. The highest BCUT2D eigenvalue weighted by Crippen LogP contribution is 2.42. The third-order valence-electron chi connectivity index (χ3n) is 5.48. The largest absolute Gasteiger partial charge is 0.417 e. The van der Waals surface area contributed by atoms with Crippen molar-refractivity contribution in [3.8, 4) is 0 Å². The van der Waals surface area contributed by atoms with Crippen LogP contribution in [-0.4, -0.2) is 46.9 Å². The van der Waals surface area contributed by atoms with Crippen LogP contribution in [0.3, 0.4) is 0 Å². The van der Waals surface area contributed by atoms with Crippen molar-refractivity contribution in [2.45, 2.75) is 62.8 Å². The topological polar surface area (TPSA) is 52.6 Å². The molecule has 1 unspecified atom stereocenters. The van der Waals surface area contributed by atoms with E-state index in [4.69, 9.17) is 0 Å². The average Bonchev–Trinajstić information content (AvgIpc) is 3.19. The number of likely N-dealkylation sites (tertiary alicyclic amines) is 1. The lowest BCUT2D eigenvalue weighted by Gasteiger charge is -2.40. The monoisotopic (exact) mass is 320 g/mol. The smallest absolute Gasteiger partial charge is 0.380 e. The standard InChI is InChI=1S/C15H23F3N2O2/c16-15(17,18)14(22)6-8-20(9-7-14)13(21)19-12(11-4-5-11)10-2-1-3-10/h10-12,22H,1-9H2,(H,19,21). The number of piperidine rings is 1. The van der Waals surface area contributed by atoms with E-state index in [2.05, 4.69) is 5.32 Å². The molecule has 7 heteroatoms. The summed E-state index contributed by atoms with van der Waals surface area (Å²) in [6, 6.07) is -0.0855. The Morgan fingerprint density at radius 1 is 1.14 bits per heavy atom. The van der Waals surface area contributed by atoms with E-state index in [0.717, 1.165) is 25.7 Å². The summed E-state index contributed by atoms with van der Waals surface area (Å²) in [6.07, 6.45) is 0.224. The zero-order chi connectivity index (χ0) is 16.0. The van der Waals surface area contributed by atoms with Gasteiger partial charge in [0.25, 0.3) is 0 Å². The first-order valence-corrected chi connectivity index (χ1v) is 8.15. The van der Waals surface area contributed by atoms with Gasteiger partial charge in [0.1, 0.15) is 0 Å². The summed E-state index contributed by atoms with van der Waals surface area (Å²) in [5, 5.41) is 12.7. The molecule has 0 aromatic carbocycles. The quantitative estimate of drug-likeness (QED) is 0.840. The van der Waals surface area contributed by atoms with Crippen molar-refractivity contribution in [2.75, 3.05) is 13.1 Å². The molecule has 1 heterocycles. The van der Waals surface area contributed by atoms with E-state index < -0.39 is 24.6 Å². The molecule has 0 aromatic heterocycles. The maximum absolute atomic E-state index is 12.8. The number of amides is 2. The molecule has 0 bridgehead atoms. The van der Waals surface area contributed by atoms with Crippen LogP contribution in [0.2, 0.25) is 0 Å². The van der Waals surface area contributed by atoms with Crippen molar-refractivity contribution in [3.05, 3.63) is 0 Å². The molecular weight excluding hydrogens is 297 g/mol. The molecule has 1 atom stereocenters. The van der Waals surface area contributed by atoms with Gasteiger partial charge in [-0.2, -0.15) is 13.2 Å². The van der Waals surface area contributed by atoms with Crippen LogP contribution in [0.25, 0.3) is 0 Å². The van der Waals surface area contributed by atoms with Gasteiger partial charge >= 0.3 is 12.2 Å². The molecule has 22 heavy (non-hydrogen) atoms. The van der Waals surface area contributed by atoms with Crippen LogP contribution in [-0.2, 0) is 0 Å². The SMILES string of the molecule is O=C(NC(C1CCC1)C1CC1)N1CCC(O)(C(F)(F)F)CC1. The predicted octanol–water partition coefficient (Wildman–Crippen LogP) is 2.66. The minimum Gasteiger partial charge on any atom is -0.380 e. The Labute approximate surface area is 128 Å². The second-order valence-corrected chi connectivity index (χ2v) is 7.02. The van der Waals surface area contributed by atoms with E-state index in [1.165, 1.54) is 11.3 Å². The number of aliphatic hydroxyl groups is 1. The molecule has 126 valence electrons. The Balaban J connectivity index is 1.53. The van der Waals surface area contributed by atoms with Crippen LogP contribution in [0.15, 0.2) is 0 Å². The molecule has 1 aliphatic heterocycles. The fourth-order valence-electron chi connectivity index (χ4n) is 3.47. The molecule has 3 fully saturated rings. The zero-order valence-electron chi connectivity index (χ0n) is 12.5. The van der Waals surface area contributed by atoms with E-state index in [-0.39, 0.29) is 25.2 Å². The Morgan fingerprint density at radius 2 is 1.68 bits per heavy atom. The van der Waals surface area contributed by atoms with Gasteiger partial charge < -0.3 is 15.3 Å². The molecule has 2 amide bonds. The molecule has 2 saturated carbocycles. The van der Waals surface area contributed by atoms with E-state index in [1.807, 2.05) is 0 Å². The summed E-state index contributed by atoms with van der Waals surface area (Å²) >= 11 is 0. The van der Waals surface area contributed by atoms with Crippen molar-refractivity contribution >= 4 is 6.03 Å². The Hall–Kier alpha value is -0.980. The second kappa shape index (κ2) is 5.58. The Morgan fingerprint density at radius 3 is 2.09 bits per heavy atom. The number of hydrogen-bond donors (Lipinski definition) is 2. The number of nitrogens with one attached hydrogen (secondary N) is 1. The molecule has 0 aromatic rings. The van der Waals surface area contributed by atoms with Crippen molar-refractivity contribution in [1.29, 1.82) is 0 Å². The molecule has 2 N–H and O–H groups in total. The fraction of sp³-hybridized carbons (Fsp3) is 0.933. The minimum absolute atomic E-state index is 0.0517. The number of nitrogens with zero attached hydrogens (tertiary/aromatic N) is 1. The summed E-state index contributed by atoms with van der Waals surface area (Å²) in [7, 11) is 0. The normalized spacial score (nSPS) is 27.2. The average molecular weight is 320 g/mol. The highest BCUT2D eigenvalue weighted by atomic mass is 19.4. The summed E-state index contributed by atoms with van der Waals surface area (Å²) in [5.41, 5.74) is -2.65. The van der Waals surface area contributed by atoms with Crippen molar-refractivity contribution in [1.82, 2.24) is 10.2 Å². The molecule has 2 aliphatic carbocycles. The van der Waals surface area contributed by atoms with Crippen LogP contribution in [0.1, 0.15) is 44.9 Å². The summed E-state index contributed by atoms with van der Waals surface area (Å²) < 4.78 is 38.3. The van der Waals surface area contributed by atoms with E-state index in [0.29, 0.717) is 11.8 Å². The zero-order valence-corrected chi connectivity index (χ0v) is 12.5. The van der Waals surface area contributed by atoms with Gasteiger partial charge in [-0.05, 0) is 37.5 Å². The lowest BCUT2D eigenvalue weighted by Crippen LogP contribution is -2.57. The lowest BCUT2D eigenvalue weighted by molar-refractivity contribution is -0.271. The predicted molar refractivity (Wildman–Crippen MR) is 74.2 cm³/mol. The van der Waals surface area contributed by atoms with E-state index in [1.54, 1.807) is 0 Å². The Bertz CT molecular complexity index is 425. The summed E-state index contributed by atoms with van der Waals surface area (Å²) in [6.45, 7) is -0.103. The molecule has 3 rings (SSSR count). The highest BCUT2D eigenvalue weighted by Gasteiger charge is 2.55. The van der Waals surface area contributed by atoms with Crippen molar-refractivity contribution < 1.29 is 23.1 Å². The molecule has 3 aliphatic rings. The van der Waals surface area contributed by atoms with Gasteiger partial charge in [0, 0.05) is 32.0 Å². The highest BCUT2D eigenvalue weighted by molar-refractivity contribution is 5.74. The number of hydrogen-bond acceptors (Lipinski definition) is 2. The third kappa shape index (κ3) is 3.05. The molecule has 1 saturated heterocycles. The summed E-state index contributed by atoms with van der Waals surface area (Å²) in [4.78, 5) is 13.7. The molecule has 4 nitrogen and oxygen atoms in total. The van der Waals surface area contributed by atoms with Crippen LogP contribution < -0.4 is 5.32 Å². The first-order chi connectivity index (χ1) is 10.3.